The van der Waals surface area contributed by atoms with E-state index in [-0.39, 0.29) is 29.9 Å². The summed E-state index contributed by atoms with van der Waals surface area (Å²) in [5, 5.41) is 11.6. The van der Waals surface area contributed by atoms with Crippen LogP contribution >= 0.6 is 0 Å². The summed E-state index contributed by atoms with van der Waals surface area (Å²) in [6, 6.07) is 18.9. The van der Waals surface area contributed by atoms with E-state index in [2.05, 4.69) is 0 Å². The Kier molecular flexibility index (Phi) is 8.96. The van der Waals surface area contributed by atoms with Gasteiger partial charge in [-0.25, -0.2) is 4.79 Å². The molecular formula is C34H37NO6. The number of likely N-dealkylation sites (tertiary alicyclic amines) is 1. The summed E-state index contributed by atoms with van der Waals surface area (Å²) < 4.78 is 11.0. The van der Waals surface area contributed by atoms with Crippen LogP contribution in [-0.4, -0.2) is 40.4 Å². The Morgan fingerprint density at radius 3 is 2.24 bits per heavy atom. The van der Waals surface area contributed by atoms with Crippen molar-refractivity contribution in [2.24, 2.45) is 0 Å². The van der Waals surface area contributed by atoms with Gasteiger partial charge in [0.25, 0.3) is 11.7 Å². The van der Waals surface area contributed by atoms with E-state index in [9.17, 15) is 19.5 Å². The quantitative estimate of drug-likeness (QED) is 0.137. The first-order chi connectivity index (χ1) is 19.5. The maximum absolute atomic E-state index is 13.5. The minimum atomic E-state index is -0.797. The zero-order valence-corrected chi connectivity index (χ0v) is 24.4. The van der Waals surface area contributed by atoms with Gasteiger partial charge in [-0.15, -0.1) is 0 Å². The number of nitrogens with zero attached hydrogens (tertiary/aromatic N) is 1. The number of hydrogen-bond acceptors (Lipinski definition) is 6. The summed E-state index contributed by atoms with van der Waals surface area (Å²) in [6.45, 7) is 12.1. The lowest BCUT2D eigenvalue weighted by molar-refractivity contribution is -0.140. The first-order valence-corrected chi connectivity index (χ1v) is 13.9. The van der Waals surface area contributed by atoms with E-state index in [4.69, 9.17) is 9.47 Å². The van der Waals surface area contributed by atoms with Crippen molar-refractivity contribution in [1.29, 1.82) is 0 Å². The van der Waals surface area contributed by atoms with Crippen molar-refractivity contribution in [3.8, 4) is 5.75 Å². The van der Waals surface area contributed by atoms with Crippen molar-refractivity contribution >= 4 is 23.4 Å². The number of Topliss-reactive ketones (excluding diaryl/α,β-unsaturated/α-hetero) is 1. The van der Waals surface area contributed by atoms with Crippen LogP contribution < -0.4 is 4.74 Å². The predicted octanol–water partition coefficient (Wildman–Crippen LogP) is 6.70. The summed E-state index contributed by atoms with van der Waals surface area (Å²) in [5.41, 5.74) is 4.19. The van der Waals surface area contributed by atoms with Gasteiger partial charge in [-0.1, -0.05) is 55.8 Å². The van der Waals surface area contributed by atoms with Crippen LogP contribution in [0, 0.1) is 6.92 Å². The fourth-order valence-electron chi connectivity index (χ4n) is 5.04. The molecule has 7 heteroatoms. The maximum atomic E-state index is 13.5. The second-order valence-corrected chi connectivity index (χ2v) is 10.8. The standard InChI is InChI=1S/C34H37NO6/c1-7-40-28-16-15-26(18-27(28)20(2)3)31(36)29-30(25-10-8-9-22(6)17-25)35(33(38)32(29)37)19-23-11-13-24(14-12-23)34(39)41-21(4)5/h8-18,20-21,30,36H,7,19H2,1-6H3/b31-29-. The molecule has 214 valence electrons. The highest BCUT2D eigenvalue weighted by Gasteiger charge is 2.46. The van der Waals surface area contributed by atoms with E-state index in [1.54, 1.807) is 50.2 Å². The van der Waals surface area contributed by atoms with Crippen LogP contribution in [0.1, 0.15) is 84.8 Å². The Balaban J connectivity index is 1.78. The van der Waals surface area contributed by atoms with Gasteiger partial charge in [-0.05, 0) is 80.6 Å². The van der Waals surface area contributed by atoms with Crippen molar-refractivity contribution in [2.45, 2.75) is 66.2 Å². The monoisotopic (exact) mass is 555 g/mol. The van der Waals surface area contributed by atoms with Gasteiger partial charge in [0.05, 0.1) is 29.9 Å². The Bertz CT molecular complexity index is 1490. The Morgan fingerprint density at radius 1 is 0.951 bits per heavy atom. The zero-order chi connectivity index (χ0) is 29.8. The molecule has 1 heterocycles. The van der Waals surface area contributed by atoms with Crippen molar-refractivity contribution < 1.29 is 29.0 Å². The first kappa shape index (κ1) is 29.6. The molecule has 1 N–H and O–H groups in total. The topological polar surface area (TPSA) is 93.1 Å². The molecule has 4 rings (SSSR count). The minimum absolute atomic E-state index is 0.0385. The summed E-state index contributed by atoms with van der Waals surface area (Å²) in [5.74, 6) is -1.27. The lowest BCUT2D eigenvalue weighted by Gasteiger charge is -2.26. The average molecular weight is 556 g/mol. The number of benzene rings is 3. The molecule has 1 saturated heterocycles. The highest BCUT2D eigenvalue weighted by Crippen LogP contribution is 2.41. The number of ether oxygens (including phenoxy) is 2. The number of aryl methyl sites for hydroxylation is 1. The van der Waals surface area contributed by atoms with Crippen LogP contribution in [0.5, 0.6) is 5.75 Å². The number of aliphatic hydroxyl groups is 1. The van der Waals surface area contributed by atoms with Gasteiger partial charge in [-0.3, -0.25) is 9.59 Å². The number of carbonyl (C=O) groups excluding carboxylic acids is 3. The van der Waals surface area contributed by atoms with E-state index in [0.717, 1.165) is 28.0 Å². The summed E-state index contributed by atoms with van der Waals surface area (Å²) in [6.07, 6.45) is -0.240. The molecule has 1 amide bonds. The number of aliphatic hydroxyl groups excluding tert-OH is 1. The van der Waals surface area contributed by atoms with Crippen LogP contribution in [-0.2, 0) is 20.9 Å². The molecule has 7 nitrogen and oxygen atoms in total. The fraction of sp³-hybridized carbons (Fsp3) is 0.324. The highest BCUT2D eigenvalue weighted by molar-refractivity contribution is 6.46. The van der Waals surface area contributed by atoms with Crippen LogP contribution in [0.15, 0.2) is 72.3 Å². The predicted molar refractivity (Wildman–Crippen MR) is 158 cm³/mol. The van der Waals surface area contributed by atoms with E-state index >= 15 is 0 Å². The molecule has 41 heavy (non-hydrogen) atoms. The number of ketones is 1. The van der Waals surface area contributed by atoms with Crippen molar-refractivity contribution in [2.75, 3.05) is 6.61 Å². The van der Waals surface area contributed by atoms with E-state index in [1.807, 2.05) is 58.0 Å². The molecule has 0 aromatic heterocycles. The molecule has 1 aliphatic rings. The van der Waals surface area contributed by atoms with Gasteiger partial charge in [0, 0.05) is 12.1 Å². The van der Waals surface area contributed by atoms with Gasteiger partial charge in [-0.2, -0.15) is 0 Å². The van der Waals surface area contributed by atoms with Crippen LogP contribution in [0.3, 0.4) is 0 Å². The molecule has 3 aromatic carbocycles. The summed E-state index contributed by atoms with van der Waals surface area (Å²) >= 11 is 0. The first-order valence-electron chi connectivity index (χ1n) is 13.9. The number of carbonyl (C=O) groups is 3. The average Bonchev–Trinajstić information content (AvgIpc) is 3.18. The minimum Gasteiger partial charge on any atom is -0.507 e. The number of hydrogen-bond donors (Lipinski definition) is 1. The Morgan fingerprint density at radius 2 is 1.63 bits per heavy atom. The highest BCUT2D eigenvalue weighted by atomic mass is 16.5. The lowest BCUT2D eigenvalue weighted by Crippen LogP contribution is -2.29. The number of amides is 1. The van der Waals surface area contributed by atoms with E-state index in [1.165, 1.54) is 4.90 Å². The Hall–Kier alpha value is -4.39. The largest absolute Gasteiger partial charge is 0.507 e. The van der Waals surface area contributed by atoms with Gasteiger partial charge in [0.2, 0.25) is 0 Å². The smallest absolute Gasteiger partial charge is 0.338 e. The summed E-state index contributed by atoms with van der Waals surface area (Å²) in [7, 11) is 0. The van der Waals surface area contributed by atoms with Gasteiger partial charge < -0.3 is 19.5 Å². The molecule has 0 aliphatic carbocycles. The molecule has 0 radical (unpaired) electrons. The van der Waals surface area contributed by atoms with Crippen molar-refractivity contribution in [3.63, 3.8) is 0 Å². The van der Waals surface area contributed by atoms with Crippen molar-refractivity contribution in [3.05, 3.63) is 106 Å². The van der Waals surface area contributed by atoms with Gasteiger partial charge in [0.1, 0.15) is 11.5 Å². The number of rotatable bonds is 9. The van der Waals surface area contributed by atoms with E-state index < -0.39 is 23.7 Å². The third kappa shape index (κ3) is 6.35. The van der Waals surface area contributed by atoms with E-state index in [0.29, 0.717) is 17.7 Å². The summed E-state index contributed by atoms with van der Waals surface area (Å²) in [4.78, 5) is 40.8. The number of esters is 1. The maximum Gasteiger partial charge on any atom is 0.338 e. The van der Waals surface area contributed by atoms with Gasteiger partial charge in [0.15, 0.2) is 0 Å². The van der Waals surface area contributed by atoms with Crippen LogP contribution in [0.25, 0.3) is 5.76 Å². The molecular weight excluding hydrogens is 518 g/mol. The SMILES string of the molecule is CCOc1ccc(/C(O)=C2/C(=O)C(=O)N(Cc3ccc(C(=O)OC(C)C)cc3)C2c2cccc(C)c2)cc1C(C)C. The second kappa shape index (κ2) is 12.4. The zero-order valence-electron chi connectivity index (χ0n) is 24.4. The molecule has 0 saturated carbocycles. The second-order valence-electron chi connectivity index (χ2n) is 10.8. The van der Waals surface area contributed by atoms with Gasteiger partial charge >= 0.3 is 5.97 Å². The fourth-order valence-corrected chi connectivity index (χ4v) is 5.04. The molecule has 1 fully saturated rings. The van der Waals surface area contributed by atoms with Crippen molar-refractivity contribution in [1.82, 2.24) is 4.90 Å². The molecule has 1 atom stereocenters. The normalized spacial score (nSPS) is 16.5. The molecule has 1 unspecified atom stereocenters. The van der Waals surface area contributed by atoms with Crippen LogP contribution in [0.4, 0.5) is 0 Å². The molecule has 3 aromatic rings. The Labute approximate surface area is 241 Å². The molecule has 0 bridgehead atoms. The molecule has 1 aliphatic heterocycles. The third-order valence-electron chi connectivity index (χ3n) is 6.99. The van der Waals surface area contributed by atoms with Crippen LogP contribution in [0.2, 0.25) is 0 Å². The molecule has 0 spiro atoms. The third-order valence-corrected chi connectivity index (χ3v) is 6.99. The lowest BCUT2D eigenvalue weighted by atomic mass is 9.92.